The van der Waals surface area contributed by atoms with Gasteiger partial charge in [-0.05, 0) is 43.0 Å². The number of fused-ring (bicyclic) bond motifs is 1. The molecule has 1 fully saturated rings. The fourth-order valence-electron chi connectivity index (χ4n) is 3.94. The van der Waals surface area contributed by atoms with Crippen molar-refractivity contribution in [2.45, 2.75) is 38.1 Å². The molecule has 2 heterocycles. The number of benzene rings is 2. The van der Waals surface area contributed by atoms with Gasteiger partial charge in [-0.1, -0.05) is 49.4 Å². The second-order valence-corrected chi connectivity index (χ2v) is 7.96. The third-order valence-corrected chi connectivity index (χ3v) is 5.80. The van der Waals surface area contributed by atoms with Crippen molar-refractivity contribution in [2.24, 2.45) is 0 Å². The molecule has 6 heteroatoms. The number of hydrogen-bond acceptors (Lipinski definition) is 3. The number of nitrogens with zero attached hydrogens (tertiary/aromatic N) is 3. The lowest BCUT2D eigenvalue weighted by Crippen LogP contribution is -2.28. The van der Waals surface area contributed by atoms with Gasteiger partial charge in [0, 0.05) is 11.6 Å². The number of para-hydroxylation sites is 1. The Morgan fingerprint density at radius 3 is 2.61 bits per heavy atom. The Kier molecular flexibility index (Phi) is 4.98. The maximum Gasteiger partial charge on any atom is 0.252 e. The van der Waals surface area contributed by atoms with E-state index in [1.165, 1.54) is 10.7 Å². The number of halogens is 1. The van der Waals surface area contributed by atoms with Crippen LogP contribution in [0, 0.1) is 5.82 Å². The standard InChI is InChI=1S/C25H23FN4O/c1-2-21(16-8-4-3-5-9-16)29-25(31)18-14-22(17-12-13-17)28-24-19(18)15-27-30(24)23-11-7-6-10-20(23)26/h3-11,14-15,17,21H,2,12-13H2,1H3,(H,29,31)/t21-/m1/s1. The third-order valence-electron chi connectivity index (χ3n) is 5.80. The van der Waals surface area contributed by atoms with Crippen molar-refractivity contribution in [3.05, 3.63) is 89.5 Å². The van der Waals surface area contributed by atoms with Gasteiger partial charge < -0.3 is 5.32 Å². The molecule has 5 nitrogen and oxygen atoms in total. The van der Waals surface area contributed by atoms with Gasteiger partial charge in [0.1, 0.15) is 11.5 Å². The zero-order valence-electron chi connectivity index (χ0n) is 17.3. The van der Waals surface area contributed by atoms with Gasteiger partial charge in [0.15, 0.2) is 5.65 Å². The molecule has 5 rings (SSSR count). The summed E-state index contributed by atoms with van der Waals surface area (Å²) in [4.78, 5) is 18.1. The second kappa shape index (κ2) is 7.95. The van der Waals surface area contributed by atoms with E-state index < -0.39 is 0 Å². The van der Waals surface area contributed by atoms with Crippen molar-refractivity contribution < 1.29 is 9.18 Å². The maximum atomic E-state index is 14.4. The van der Waals surface area contributed by atoms with Crippen LogP contribution in [0.5, 0.6) is 0 Å². The number of carbonyl (C=O) groups excluding carboxylic acids is 1. The molecule has 2 aromatic carbocycles. The van der Waals surface area contributed by atoms with E-state index in [0.717, 1.165) is 30.5 Å². The van der Waals surface area contributed by atoms with Crippen LogP contribution >= 0.6 is 0 Å². The first-order valence-corrected chi connectivity index (χ1v) is 10.6. The summed E-state index contributed by atoms with van der Waals surface area (Å²) in [5.74, 6) is -0.207. The Bertz CT molecular complexity index is 1250. The van der Waals surface area contributed by atoms with Gasteiger partial charge in [-0.2, -0.15) is 5.10 Å². The van der Waals surface area contributed by atoms with E-state index in [9.17, 15) is 9.18 Å². The van der Waals surface area contributed by atoms with E-state index in [4.69, 9.17) is 4.98 Å². The molecule has 0 spiro atoms. The fourth-order valence-corrected chi connectivity index (χ4v) is 3.94. The van der Waals surface area contributed by atoms with E-state index in [1.54, 1.807) is 24.4 Å². The molecule has 0 aliphatic heterocycles. The van der Waals surface area contributed by atoms with Crippen molar-refractivity contribution in [2.75, 3.05) is 0 Å². The Morgan fingerprint density at radius 2 is 1.90 bits per heavy atom. The van der Waals surface area contributed by atoms with Crippen molar-refractivity contribution in [1.82, 2.24) is 20.1 Å². The van der Waals surface area contributed by atoms with E-state index in [0.29, 0.717) is 28.2 Å². The van der Waals surface area contributed by atoms with Crippen molar-refractivity contribution >= 4 is 16.9 Å². The molecule has 1 saturated carbocycles. The number of carbonyl (C=O) groups is 1. The minimum atomic E-state index is -0.382. The van der Waals surface area contributed by atoms with Gasteiger partial charge in [-0.3, -0.25) is 4.79 Å². The second-order valence-electron chi connectivity index (χ2n) is 7.96. The SMILES string of the molecule is CC[C@@H](NC(=O)c1cc(C2CC2)nc2c1cnn2-c1ccccc1F)c1ccccc1. The van der Waals surface area contributed by atoms with Crippen LogP contribution in [-0.2, 0) is 0 Å². The molecule has 1 aliphatic rings. The molecule has 2 aromatic heterocycles. The van der Waals surface area contributed by atoms with Crippen LogP contribution in [0.1, 0.15) is 59.8 Å². The zero-order chi connectivity index (χ0) is 21.4. The van der Waals surface area contributed by atoms with E-state index >= 15 is 0 Å². The lowest BCUT2D eigenvalue weighted by Gasteiger charge is -2.18. The highest BCUT2D eigenvalue weighted by molar-refractivity contribution is 6.06. The van der Waals surface area contributed by atoms with Crippen LogP contribution < -0.4 is 5.32 Å². The summed E-state index contributed by atoms with van der Waals surface area (Å²) in [6.45, 7) is 2.05. The van der Waals surface area contributed by atoms with Gasteiger partial charge in [-0.15, -0.1) is 0 Å². The third kappa shape index (κ3) is 3.69. The van der Waals surface area contributed by atoms with Gasteiger partial charge in [0.25, 0.3) is 5.91 Å². The topological polar surface area (TPSA) is 59.8 Å². The number of nitrogens with one attached hydrogen (secondary N) is 1. The molecule has 1 amide bonds. The van der Waals surface area contributed by atoms with E-state index in [2.05, 4.69) is 10.4 Å². The Hall–Kier alpha value is -3.54. The zero-order valence-corrected chi connectivity index (χ0v) is 17.3. The lowest BCUT2D eigenvalue weighted by atomic mass is 10.0. The monoisotopic (exact) mass is 414 g/mol. The summed E-state index contributed by atoms with van der Waals surface area (Å²) in [5.41, 5.74) is 3.29. The quantitative estimate of drug-likeness (QED) is 0.465. The van der Waals surface area contributed by atoms with Gasteiger partial charge in [0.2, 0.25) is 0 Å². The Morgan fingerprint density at radius 1 is 1.16 bits per heavy atom. The normalized spacial score (nSPS) is 14.5. The smallest absolute Gasteiger partial charge is 0.252 e. The largest absolute Gasteiger partial charge is 0.345 e. The minimum Gasteiger partial charge on any atom is -0.345 e. The number of hydrogen-bond donors (Lipinski definition) is 1. The predicted molar refractivity (Wildman–Crippen MR) is 118 cm³/mol. The number of pyridine rings is 1. The van der Waals surface area contributed by atoms with Gasteiger partial charge >= 0.3 is 0 Å². The van der Waals surface area contributed by atoms with Crippen molar-refractivity contribution in [1.29, 1.82) is 0 Å². The summed E-state index contributed by atoms with van der Waals surface area (Å²) in [6, 6.07) is 18.2. The molecule has 1 N–H and O–H groups in total. The van der Waals surface area contributed by atoms with E-state index in [1.807, 2.05) is 43.3 Å². The summed E-state index contributed by atoms with van der Waals surface area (Å²) in [5, 5.41) is 8.16. The first kappa shape index (κ1) is 19.4. The molecule has 31 heavy (non-hydrogen) atoms. The number of rotatable bonds is 6. The molecular weight excluding hydrogens is 391 g/mol. The van der Waals surface area contributed by atoms with Crippen LogP contribution in [0.25, 0.3) is 16.7 Å². The lowest BCUT2D eigenvalue weighted by molar-refractivity contribution is 0.0937. The molecule has 1 atom stereocenters. The fraction of sp³-hybridized carbons (Fsp3) is 0.240. The average Bonchev–Trinajstić information content (AvgIpc) is 3.57. The highest BCUT2D eigenvalue weighted by atomic mass is 19.1. The predicted octanol–water partition coefficient (Wildman–Crippen LogP) is 5.32. The number of aromatic nitrogens is 3. The summed E-state index contributed by atoms with van der Waals surface area (Å²) >= 11 is 0. The van der Waals surface area contributed by atoms with Crippen molar-refractivity contribution in [3.63, 3.8) is 0 Å². The first-order valence-electron chi connectivity index (χ1n) is 10.6. The molecule has 1 aliphatic carbocycles. The first-order chi connectivity index (χ1) is 15.2. The number of amides is 1. The Balaban J connectivity index is 1.58. The van der Waals surface area contributed by atoms with Crippen LogP contribution in [0.3, 0.4) is 0 Å². The van der Waals surface area contributed by atoms with Gasteiger partial charge in [0.05, 0.1) is 23.2 Å². The minimum absolute atomic E-state index is 0.0945. The highest BCUT2D eigenvalue weighted by Gasteiger charge is 2.29. The molecule has 4 aromatic rings. The molecule has 0 saturated heterocycles. The molecule has 0 bridgehead atoms. The summed E-state index contributed by atoms with van der Waals surface area (Å²) in [6.07, 6.45) is 4.47. The van der Waals surface area contributed by atoms with Gasteiger partial charge in [-0.25, -0.2) is 14.1 Å². The Labute approximate surface area is 179 Å². The summed E-state index contributed by atoms with van der Waals surface area (Å²) in [7, 11) is 0. The molecule has 156 valence electrons. The van der Waals surface area contributed by atoms with Crippen LogP contribution in [0.15, 0.2) is 66.9 Å². The molecule has 0 radical (unpaired) electrons. The van der Waals surface area contributed by atoms with Crippen molar-refractivity contribution in [3.8, 4) is 5.69 Å². The molecule has 0 unspecified atom stereocenters. The van der Waals surface area contributed by atoms with Crippen LogP contribution in [0.2, 0.25) is 0 Å². The highest BCUT2D eigenvalue weighted by Crippen LogP contribution is 2.40. The summed E-state index contributed by atoms with van der Waals surface area (Å²) < 4.78 is 15.9. The van der Waals surface area contributed by atoms with Crippen LogP contribution in [0.4, 0.5) is 4.39 Å². The maximum absolute atomic E-state index is 14.4. The average molecular weight is 414 g/mol. The van der Waals surface area contributed by atoms with Crippen LogP contribution in [-0.4, -0.2) is 20.7 Å². The molecular formula is C25H23FN4O. The van der Waals surface area contributed by atoms with E-state index in [-0.39, 0.29) is 17.8 Å².